The van der Waals surface area contributed by atoms with Gasteiger partial charge in [-0.05, 0) is 26.7 Å². The molecule has 4 N–H and O–H groups in total. The fourth-order valence-electron chi connectivity index (χ4n) is 2.46. The molecule has 0 unspecified atom stereocenters. The highest BCUT2D eigenvalue weighted by Crippen LogP contribution is 2.29. The maximum Gasteiger partial charge on any atom is 0.335 e. The SMILES string of the molecule is C=C[C@](C)(CC/C=C(\CO)C(=O)OC)O[C@@H]1O[C@H](C)[C@@H](O)[C@H](O)[C@H]1O. The highest BCUT2D eigenvalue weighted by molar-refractivity contribution is 5.88. The molecule has 0 aromatic heterocycles. The Hall–Kier alpha value is -1.29. The van der Waals surface area contributed by atoms with Crippen LogP contribution in [-0.2, 0) is 19.0 Å². The lowest BCUT2D eigenvalue weighted by Gasteiger charge is -2.42. The van der Waals surface area contributed by atoms with Gasteiger partial charge in [-0.3, -0.25) is 0 Å². The molecule has 1 saturated heterocycles. The van der Waals surface area contributed by atoms with Crippen LogP contribution in [0.25, 0.3) is 0 Å². The molecule has 0 saturated carbocycles. The van der Waals surface area contributed by atoms with Crippen LogP contribution in [0.5, 0.6) is 0 Å². The molecule has 8 heteroatoms. The third-order valence-electron chi connectivity index (χ3n) is 4.27. The van der Waals surface area contributed by atoms with Crippen molar-refractivity contribution in [3.05, 3.63) is 24.3 Å². The van der Waals surface area contributed by atoms with Gasteiger partial charge in [0.15, 0.2) is 6.29 Å². The van der Waals surface area contributed by atoms with Crippen molar-refractivity contribution in [2.24, 2.45) is 0 Å². The van der Waals surface area contributed by atoms with Crippen LogP contribution in [0.4, 0.5) is 0 Å². The second kappa shape index (κ2) is 9.42. The third kappa shape index (κ3) is 5.60. The van der Waals surface area contributed by atoms with Crippen LogP contribution in [0.3, 0.4) is 0 Å². The van der Waals surface area contributed by atoms with Crippen molar-refractivity contribution in [1.82, 2.24) is 0 Å². The number of aliphatic hydroxyl groups is 4. The number of aliphatic hydroxyl groups excluding tert-OH is 4. The van der Waals surface area contributed by atoms with E-state index in [2.05, 4.69) is 11.3 Å². The van der Waals surface area contributed by atoms with Gasteiger partial charge in [-0.15, -0.1) is 6.58 Å². The van der Waals surface area contributed by atoms with Gasteiger partial charge >= 0.3 is 5.97 Å². The van der Waals surface area contributed by atoms with E-state index < -0.39 is 48.9 Å². The van der Waals surface area contributed by atoms with Crippen LogP contribution < -0.4 is 0 Å². The first-order valence-corrected chi connectivity index (χ1v) is 8.08. The van der Waals surface area contributed by atoms with Crippen LogP contribution in [0.15, 0.2) is 24.3 Å². The molecule has 1 aliphatic heterocycles. The number of carbonyl (C=O) groups is 1. The van der Waals surface area contributed by atoms with E-state index in [9.17, 15) is 20.1 Å². The molecule has 0 bridgehead atoms. The van der Waals surface area contributed by atoms with Gasteiger partial charge in [0.2, 0.25) is 0 Å². The summed E-state index contributed by atoms with van der Waals surface area (Å²) in [4.78, 5) is 11.4. The van der Waals surface area contributed by atoms with Crippen molar-refractivity contribution in [2.75, 3.05) is 13.7 Å². The van der Waals surface area contributed by atoms with E-state index in [-0.39, 0.29) is 5.57 Å². The molecule has 144 valence electrons. The molecule has 25 heavy (non-hydrogen) atoms. The van der Waals surface area contributed by atoms with E-state index in [0.29, 0.717) is 12.8 Å². The van der Waals surface area contributed by atoms with Crippen molar-refractivity contribution in [2.45, 2.75) is 63.0 Å². The molecule has 1 fully saturated rings. The van der Waals surface area contributed by atoms with Gasteiger partial charge in [0.05, 0.1) is 31.0 Å². The fraction of sp³-hybridized carbons (Fsp3) is 0.706. The molecule has 0 aromatic rings. The van der Waals surface area contributed by atoms with Crippen molar-refractivity contribution >= 4 is 5.97 Å². The number of allylic oxidation sites excluding steroid dienone is 1. The fourth-order valence-corrected chi connectivity index (χ4v) is 2.46. The molecule has 0 spiro atoms. The van der Waals surface area contributed by atoms with Crippen LogP contribution in [-0.4, -0.2) is 76.4 Å². The second-order valence-electron chi connectivity index (χ2n) is 6.23. The lowest BCUT2D eigenvalue weighted by Crippen LogP contribution is -2.58. The molecule has 6 atom stereocenters. The van der Waals surface area contributed by atoms with Crippen LogP contribution >= 0.6 is 0 Å². The Morgan fingerprint density at radius 2 is 1.92 bits per heavy atom. The molecule has 1 heterocycles. The molecule has 0 amide bonds. The standard InChI is InChI=1S/C17H28O8/c1-5-17(3,8-6-7-11(9-18)15(22)23-4)25-16-14(21)13(20)12(19)10(2)24-16/h5,7,10,12-14,16,18-21H,1,6,8-9H2,2-4H3/b11-7+/t10-,12-,13+,14-,16+,17-/m1/s1. The molecule has 1 aliphatic rings. The first-order valence-electron chi connectivity index (χ1n) is 8.08. The summed E-state index contributed by atoms with van der Waals surface area (Å²) in [6.07, 6.45) is -2.05. The van der Waals surface area contributed by atoms with E-state index in [1.54, 1.807) is 13.8 Å². The lowest BCUT2D eigenvalue weighted by atomic mass is 9.97. The molecular weight excluding hydrogens is 332 g/mol. The number of hydrogen-bond acceptors (Lipinski definition) is 8. The molecular formula is C17H28O8. The van der Waals surface area contributed by atoms with E-state index in [0.717, 1.165) is 0 Å². The van der Waals surface area contributed by atoms with Crippen LogP contribution in [0, 0.1) is 0 Å². The minimum absolute atomic E-state index is 0.134. The largest absolute Gasteiger partial charge is 0.466 e. The number of hydrogen-bond donors (Lipinski definition) is 4. The zero-order valence-corrected chi connectivity index (χ0v) is 14.8. The van der Waals surface area contributed by atoms with E-state index in [1.165, 1.54) is 19.3 Å². The first-order chi connectivity index (χ1) is 11.7. The van der Waals surface area contributed by atoms with Gasteiger partial charge in [0.25, 0.3) is 0 Å². The van der Waals surface area contributed by atoms with E-state index in [4.69, 9.17) is 14.6 Å². The lowest BCUT2D eigenvalue weighted by molar-refractivity contribution is -0.313. The molecule has 0 aromatic carbocycles. The van der Waals surface area contributed by atoms with E-state index >= 15 is 0 Å². The summed E-state index contributed by atoms with van der Waals surface area (Å²) in [5.74, 6) is -0.610. The first kappa shape index (κ1) is 21.8. The summed E-state index contributed by atoms with van der Waals surface area (Å²) in [5, 5.41) is 38.8. The maximum atomic E-state index is 11.4. The molecule has 8 nitrogen and oxygen atoms in total. The summed E-state index contributed by atoms with van der Waals surface area (Å²) in [6.45, 7) is 6.54. The summed E-state index contributed by atoms with van der Waals surface area (Å²) >= 11 is 0. The van der Waals surface area contributed by atoms with Gasteiger partial charge in [-0.1, -0.05) is 12.2 Å². The summed E-state index contributed by atoms with van der Waals surface area (Å²) < 4.78 is 15.7. The van der Waals surface area contributed by atoms with E-state index in [1.807, 2.05) is 0 Å². The zero-order chi connectivity index (χ0) is 19.2. The van der Waals surface area contributed by atoms with Crippen molar-refractivity contribution < 1.29 is 39.4 Å². The van der Waals surface area contributed by atoms with Crippen molar-refractivity contribution in [3.63, 3.8) is 0 Å². The van der Waals surface area contributed by atoms with Crippen LogP contribution in [0.1, 0.15) is 26.7 Å². The van der Waals surface area contributed by atoms with Gasteiger partial charge in [0, 0.05) is 0 Å². The van der Waals surface area contributed by atoms with Gasteiger partial charge in [-0.25, -0.2) is 4.79 Å². The van der Waals surface area contributed by atoms with Gasteiger partial charge < -0.3 is 34.6 Å². The minimum Gasteiger partial charge on any atom is -0.466 e. The smallest absolute Gasteiger partial charge is 0.335 e. The number of carbonyl (C=O) groups excluding carboxylic acids is 1. The monoisotopic (exact) mass is 360 g/mol. The topological polar surface area (TPSA) is 126 Å². The summed E-state index contributed by atoms with van der Waals surface area (Å²) in [7, 11) is 1.23. The third-order valence-corrected chi connectivity index (χ3v) is 4.27. The highest BCUT2D eigenvalue weighted by Gasteiger charge is 2.44. The minimum atomic E-state index is -1.41. The van der Waals surface area contributed by atoms with Gasteiger partial charge in [0.1, 0.15) is 18.3 Å². The molecule has 0 aliphatic carbocycles. The number of ether oxygens (including phenoxy) is 3. The predicted octanol–water partition coefficient (Wildman–Crippen LogP) is -0.353. The number of methoxy groups -OCH3 is 1. The normalized spacial score (nSPS) is 32.8. The number of esters is 1. The average molecular weight is 360 g/mol. The Morgan fingerprint density at radius 1 is 1.28 bits per heavy atom. The van der Waals surface area contributed by atoms with Crippen LogP contribution in [0.2, 0.25) is 0 Å². The average Bonchev–Trinajstić information content (AvgIpc) is 2.60. The van der Waals surface area contributed by atoms with Gasteiger partial charge in [-0.2, -0.15) is 0 Å². The zero-order valence-electron chi connectivity index (χ0n) is 14.8. The quantitative estimate of drug-likeness (QED) is 0.263. The summed E-state index contributed by atoms with van der Waals surface area (Å²) in [5.41, 5.74) is -0.796. The summed E-state index contributed by atoms with van der Waals surface area (Å²) in [6, 6.07) is 0. The molecule has 0 radical (unpaired) electrons. The molecule has 1 rings (SSSR count). The predicted molar refractivity (Wildman–Crippen MR) is 88.5 cm³/mol. The number of rotatable bonds is 8. The Kier molecular flexibility index (Phi) is 8.20. The van der Waals surface area contributed by atoms with Crippen molar-refractivity contribution in [3.8, 4) is 0 Å². The second-order valence-corrected chi connectivity index (χ2v) is 6.23. The Bertz CT molecular complexity index is 491. The maximum absolute atomic E-state index is 11.4. The van der Waals surface area contributed by atoms with Crippen molar-refractivity contribution in [1.29, 1.82) is 0 Å². The highest BCUT2D eigenvalue weighted by atomic mass is 16.7. The Balaban J connectivity index is 2.74. The Morgan fingerprint density at radius 3 is 2.44 bits per heavy atom. The Labute approximate surface area is 147 Å².